The Morgan fingerprint density at radius 3 is 2.52 bits per heavy atom. The van der Waals surface area contributed by atoms with E-state index in [0.717, 1.165) is 22.7 Å². The molecule has 0 spiro atoms. The smallest absolute Gasteiger partial charge is 0.234 e. The first-order valence-corrected chi connectivity index (χ1v) is 9.34. The summed E-state index contributed by atoms with van der Waals surface area (Å²) in [6, 6.07) is 8.00. The van der Waals surface area contributed by atoms with Crippen LogP contribution in [0.15, 0.2) is 36.7 Å². The summed E-state index contributed by atoms with van der Waals surface area (Å²) < 4.78 is 5.87. The average Bonchev–Trinajstić information content (AvgIpc) is 2.90. The van der Waals surface area contributed by atoms with Crippen molar-refractivity contribution in [2.45, 2.75) is 45.2 Å². The van der Waals surface area contributed by atoms with Gasteiger partial charge in [0.15, 0.2) is 0 Å². The molecule has 1 aromatic carbocycles. The van der Waals surface area contributed by atoms with Gasteiger partial charge in [0.05, 0.1) is 29.9 Å². The molecule has 0 bridgehead atoms. The van der Waals surface area contributed by atoms with Crippen molar-refractivity contribution in [3.8, 4) is 5.75 Å². The Kier molecular flexibility index (Phi) is 4.99. The lowest BCUT2D eigenvalue weighted by Crippen LogP contribution is -2.28. The normalized spacial score (nSPS) is 17.8. The standard InChI is InChI=1S/C19H23N3O2S/c1-13-9-21-15(10-20-13)11-22-17(23)12-25-18(22)14-5-7-16(8-6-14)24-19(2,3)4/h5-10,18H,11-12H2,1-4H3. The van der Waals surface area contributed by atoms with E-state index in [1.165, 1.54) is 0 Å². The van der Waals surface area contributed by atoms with Crippen LogP contribution in [0.3, 0.4) is 0 Å². The topological polar surface area (TPSA) is 55.3 Å². The summed E-state index contributed by atoms with van der Waals surface area (Å²) in [5.74, 6) is 1.46. The number of carbonyl (C=O) groups excluding carboxylic acids is 1. The lowest BCUT2D eigenvalue weighted by atomic mass is 10.1. The fourth-order valence-corrected chi connectivity index (χ4v) is 3.82. The van der Waals surface area contributed by atoms with E-state index >= 15 is 0 Å². The quantitative estimate of drug-likeness (QED) is 0.834. The van der Waals surface area contributed by atoms with E-state index in [0.29, 0.717) is 12.3 Å². The highest BCUT2D eigenvalue weighted by atomic mass is 32.2. The van der Waals surface area contributed by atoms with Crippen LogP contribution in [0.4, 0.5) is 0 Å². The highest BCUT2D eigenvalue weighted by Gasteiger charge is 2.33. The first-order chi connectivity index (χ1) is 11.8. The van der Waals surface area contributed by atoms with E-state index in [1.807, 2.05) is 56.9 Å². The molecule has 1 aliphatic rings. The highest BCUT2D eigenvalue weighted by molar-refractivity contribution is 8.00. The molecule has 132 valence electrons. The Bertz CT molecular complexity index is 739. The lowest BCUT2D eigenvalue weighted by molar-refractivity contribution is -0.128. The molecule has 0 N–H and O–H groups in total. The zero-order valence-electron chi connectivity index (χ0n) is 15.0. The van der Waals surface area contributed by atoms with Crippen molar-refractivity contribution < 1.29 is 9.53 Å². The molecule has 25 heavy (non-hydrogen) atoms. The van der Waals surface area contributed by atoms with E-state index in [1.54, 1.807) is 24.2 Å². The molecule has 1 aromatic heterocycles. The first kappa shape index (κ1) is 17.7. The van der Waals surface area contributed by atoms with Crippen molar-refractivity contribution in [3.05, 3.63) is 53.6 Å². The summed E-state index contributed by atoms with van der Waals surface area (Å²) in [5, 5.41) is -0.000658. The molecule has 2 heterocycles. The number of hydrogen-bond donors (Lipinski definition) is 0. The van der Waals surface area contributed by atoms with E-state index in [2.05, 4.69) is 9.97 Å². The molecule has 1 atom stereocenters. The van der Waals surface area contributed by atoms with Crippen molar-refractivity contribution in [1.82, 2.24) is 14.9 Å². The molecule has 1 aliphatic heterocycles. The second-order valence-electron chi connectivity index (χ2n) is 7.12. The van der Waals surface area contributed by atoms with E-state index in [4.69, 9.17) is 4.74 Å². The van der Waals surface area contributed by atoms with Gasteiger partial charge in [-0.3, -0.25) is 14.8 Å². The second kappa shape index (κ2) is 7.04. The number of hydrogen-bond acceptors (Lipinski definition) is 5. The summed E-state index contributed by atoms with van der Waals surface area (Å²) in [6.45, 7) is 8.45. The number of carbonyl (C=O) groups is 1. The van der Waals surface area contributed by atoms with Crippen LogP contribution >= 0.6 is 11.8 Å². The van der Waals surface area contributed by atoms with Crippen LogP contribution in [0.2, 0.25) is 0 Å². The Balaban J connectivity index is 1.75. The van der Waals surface area contributed by atoms with E-state index in [9.17, 15) is 4.79 Å². The predicted octanol–water partition coefficient (Wildman–Crippen LogP) is 3.74. The van der Waals surface area contributed by atoms with Gasteiger partial charge in [0, 0.05) is 6.20 Å². The minimum atomic E-state index is -0.226. The van der Waals surface area contributed by atoms with E-state index in [-0.39, 0.29) is 16.9 Å². The van der Waals surface area contributed by atoms with Crippen molar-refractivity contribution >= 4 is 17.7 Å². The van der Waals surface area contributed by atoms with Gasteiger partial charge in [-0.05, 0) is 45.4 Å². The minimum absolute atomic E-state index is 0.000658. The van der Waals surface area contributed by atoms with Crippen molar-refractivity contribution in [2.75, 3.05) is 5.75 Å². The third-order valence-electron chi connectivity index (χ3n) is 3.72. The lowest BCUT2D eigenvalue weighted by Gasteiger charge is -2.25. The molecule has 5 nitrogen and oxygen atoms in total. The van der Waals surface area contributed by atoms with Gasteiger partial charge in [0.25, 0.3) is 0 Å². The maximum absolute atomic E-state index is 12.3. The van der Waals surface area contributed by atoms with Crippen LogP contribution < -0.4 is 4.74 Å². The summed E-state index contributed by atoms with van der Waals surface area (Å²) >= 11 is 1.64. The predicted molar refractivity (Wildman–Crippen MR) is 99.3 cm³/mol. The summed E-state index contributed by atoms with van der Waals surface area (Å²) in [6.07, 6.45) is 3.47. The highest BCUT2D eigenvalue weighted by Crippen LogP contribution is 2.39. The third kappa shape index (κ3) is 4.51. The van der Waals surface area contributed by atoms with Gasteiger partial charge in [-0.2, -0.15) is 0 Å². The molecule has 1 unspecified atom stereocenters. The van der Waals surface area contributed by atoms with Crippen LogP contribution in [0.25, 0.3) is 0 Å². The number of aryl methyl sites for hydroxylation is 1. The number of rotatable bonds is 4. The zero-order valence-corrected chi connectivity index (χ0v) is 15.8. The van der Waals surface area contributed by atoms with Gasteiger partial charge in [0.2, 0.25) is 5.91 Å². The summed E-state index contributed by atoms with van der Waals surface area (Å²) in [7, 11) is 0. The average molecular weight is 357 g/mol. The molecular weight excluding hydrogens is 334 g/mol. The molecule has 0 radical (unpaired) electrons. The molecule has 6 heteroatoms. The summed E-state index contributed by atoms with van der Waals surface area (Å²) in [4.78, 5) is 22.8. The van der Waals surface area contributed by atoms with Crippen molar-refractivity contribution in [2.24, 2.45) is 0 Å². The maximum Gasteiger partial charge on any atom is 0.234 e. The van der Waals surface area contributed by atoms with Crippen LogP contribution in [-0.2, 0) is 11.3 Å². The molecule has 2 aromatic rings. The summed E-state index contributed by atoms with van der Waals surface area (Å²) in [5.41, 5.74) is 2.55. The van der Waals surface area contributed by atoms with Gasteiger partial charge in [-0.25, -0.2) is 0 Å². The Labute approximate surface area is 152 Å². The number of benzene rings is 1. The maximum atomic E-state index is 12.3. The number of nitrogens with zero attached hydrogens (tertiary/aromatic N) is 3. The van der Waals surface area contributed by atoms with Crippen molar-refractivity contribution in [1.29, 1.82) is 0 Å². The Morgan fingerprint density at radius 1 is 1.20 bits per heavy atom. The van der Waals surface area contributed by atoms with Crippen LogP contribution in [0.5, 0.6) is 5.75 Å². The minimum Gasteiger partial charge on any atom is -0.488 e. The Morgan fingerprint density at radius 2 is 1.92 bits per heavy atom. The van der Waals surface area contributed by atoms with Crippen LogP contribution in [0, 0.1) is 6.92 Å². The van der Waals surface area contributed by atoms with Gasteiger partial charge in [-0.1, -0.05) is 12.1 Å². The number of aromatic nitrogens is 2. The molecule has 3 rings (SSSR count). The van der Waals surface area contributed by atoms with E-state index < -0.39 is 0 Å². The second-order valence-corrected chi connectivity index (χ2v) is 8.19. The largest absolute Gasteiger partial charge is 0.488 e. The fourth-order valence-electron chi connectivity index (χ4n) is 2.63. The van der Waals surface area contributed by atoms with Crippen molar-refractivity contribution in [3.63, 3.8) is 0 Å². The van der Waals surface area contributed by atoms with Gasteiger partial charge < -0.3 is 9.64 Å². The third-order valence-corrected chi connectivity index (χ3v) is 4.98. The number of amides is 1. The molecule has 1 amide bonds. The van der Waals surface area contributed by atoms with Crippen LogP contribution in [-0.4, -0.2) is 32.1 Å². The fraction of sp³-hybridized carbons (Fsp3) is 0.421. The number of ether oxygens (including phenoxy) is 1. The van der Waals surface area contributed by atoms with Gasteiger partial charge in [0.1, 0.15) is 16.7 Å². The molecule has 1 saturated heterocycles. The molecule has 1 fully saturated rings. The van der Waals surface area contributed by atoms with Gasteiger partial charge in [-0.15, -0.1) is 11.8 Å². The molecule has 0 aliphatic carbocycles. The first-order valence-electron chi connectivity index (χ1n) is 8.29. The number of thioether (sulfide) groups is 1. The Hall–Kier alpha value is -2.08. The molecule has 0 saturated carbocycles. The monoisotopic (exact) mass is 357 g/mol. The SMILES string of the molecule is Cc1cnc(CN2C(=O)CSC2c2ccc(OC(C)(C)C)cc2)cn1. The molecular formula is C19H23N3O2S. The zero-order chi connectivity index (χ0) is 18.0. The van der Waals surface area contributed by atoms with Gasteiger partial charge >= 0.3 is 0 Å². The van der Waals surface area contributed by atoms with Crippen LogP contribution in [0.1, 0.15) is 43.1 Å².